The molecule has 1 aliphatic heterocycles. The molecule has 0 aliphatic carbocycles. The van der Waals surface area contributed by atoms with Gasteiger partial charge in [-0.25, -0.2) is 0 Å². The third-order valence-electron chi connectivity index (χ3n) is 4.69. The molecule has 0 atom stereocenters. The number of halogens is 1. The van der Waals surface area contributed by atoms with Crippen LogP contribution < -0.4 is 5.43 Å². The van der Waals surface area contributed by atoms with E-state index in [4.69, 9.17) is 28.9 Å². The second-order valence-electron chi connectivity index (χ2n) is 6.55. The zero-order valence-electron chi connectivity index (χ0n) is 15.2. The van der Waals surface area contributed by atoms with Gasteiger partial charge in [-0.05, 0) is 49.7 Å². The second kappa shape index (κ2) is 8.89. The third kappa shape index (κ3) is 4.63. The summed E-state index contributed by atoms with van der Waals surface area (Å²) in [4.78, 5) is 13.7. The lowest BCUT2D eigenvalue weighted by Crippen LogP contribution is -2.44. The molecule has 0 radical (unpaired) electrons. The molecule has 1 aromatic heterocycles. The minimum atomic E-state index is -0.754. The van der Waals surface area contributed by atoms with E-state index >= 15 is 0 Å². The lowest BCUT2D eigenvalue weighted by molar-refractivity contribution is -0.143. The fourth-order valence-electron chi connectivity index (χ4n) is 3.04. The number of carbonyl (C=O) groups is 1. The van der Waals surface area contributed by atoms with Gasteiger partial charge in [0.1, 0.15) is 5.75 Å². The van der Waals surface area contributed by atoms with E-state index in [1.807, 2.05) is 22.4 Å². The van der Waals surface area contributed by atoms with Crippen LogP contribution in [0.25, 0.3) is 10.4 Å². The summed E-state index contributed by atoms with van der Waals surface area (Å²) in [6.45, 7) is 2.95. The van der Waals surface area contributed by atoms with E-state index in [-0.39, 0.29) is 11.7 Å². The largest absolute Gasteiger partial charge is 0.506 e. The fourth-order valence-corrected chi connectivity index (χ4v) is 4.46. The van der Waals surface area contributed by atoms with Crippen molar-refractivity contribution < 1.29 is 15.0 Å². The molecule has 0 amide bonds. The number of hydrogen-bond acceptors (Lipinski definition) is 5. The number of aliphatic carboxylic acids is 1. The van der Waals surface area contributed by atoms with Gasteiger partial charge in [-0.1, -0.05) is 23.7 Å². The summed E-state index contributed by atoms with van der Waals surface area (Å²) in [6, 6.07) is 7.32. The molecule has 0 saturated carbocycles. The van der Waals surface area contributed by atoms with Crippen molar-refractivity contribution in [2.45, 2.75) is 19.8 Å². The normalized spacial score (nSPS) is 15.5. The number of carboxylic acid groups (broad SMARTS) is 1. The maximum absolute atomic E-state index is 11.0. The van der Waals surface area contributed by atoms with E-state index in [0.717, 1.165) is 10.4 Å². The summed E-state index contributed by atoms with van der Waals surface area (Å²) in [6.07, 6.45) is 1.13. The van der Waals surface area contributed by atoms with Gasteiger partial charge in [0.15, 0.2) is 5.11 Å². The molecule has 2 heterocycles. The van der Waals surface area contributed by atoms with Crippen LogP contribution in [-0.4, -0.2) is 45.0 Å². The number of thiophene rings is 1. The van der Waals surface area contributed by atoms with Crippen molar-refractivity contribution in [3.8, 4) is 16.2 Å². The van der Waals surface area contributed by atoms with Gasteiger partial charge in [-0.15, -0.1) is 11.3 Å². The molecule has 6 nitrogen and oxygen atoms in total. The second-order valence-corrected chi connectivity index (χ2v) is 8.25. The van der Waals surface area contributed by atoms with Gasteiger partial charge < -0.3 is 15.1 Å². The molecular formula is C19H20ClN3O3S2. The van der Waals surface area contributed by atoms with Crippen LogP contribution in [0, 0.1) is 5.92 Å². The van der Waals surface area contributed by atoms with Crippen LogP contribution >= 0.6 is 35.2 Å². The predicted molar refractivity (Wildman–Crippen MR) is 116 cm³/mol. The van der Waals surface area contributed by atoms with Gasteiger partial charge >= 0.3 is 5.97 Å². The van der Waals surface area contributed by atoms with Crippen LogP contribution in [0.3, 0.4) is 0 Å². The number of nitrogens with one attached hydrogen (secondary N) is 1. The Kier molecular flexibility index (Phi) is 6.53. The smallest absolute Gasteiger partial charge is 0.306 e. The highest BCUT2D eigenvalue weighted by atomic mass is 35.5. The first-order valence-electron chi connectivity index (χ1n) is 8.75. The third-order valence-corrected chi connectivity index (χ3v) is 6.29. The van der Waals surface area contributed by atoms with Gasteiger partial charge in [-0.3, -0.25) is 10.2 Å². The molecule has 3 rings (SSSR count). The quantitative estimate of drug-likeness (QED) is 0.378. The Morgan fingerprint density at radius 3 is 2.75 bits per heavy atom. The predicted octanol–water partition coefficient (Wildman–Crippen LogP) is 4.17. The van der Waals surface area contributed by atoms with E-state index in [1.54, 1.807) is 19.1 Å². The zero-order valence-corrected chi connectivity index (χ0v) is 17.6. The molecule has 0 bridgehead atoms. The number of benzene rings is 1. The van der Waals surface area contributed by atoms with E-state index in [2.05, 4.69) is 10.5 Å². The number of nitrogens with zero attached hydrogens (tertiary/aromatic N) is 2. The molecule has 1 saturated heterocycles. The summed E-state index contributed by atoms with van der Waals surface area (Å²) >= 11 is 12.8. The lowest BCUT2D eigenvalue weighted by Gasteiger charge is -2.31. The number of hydrazone groups is 1. The molecular weight excluding hydrogens is 418 g/mol. The van der Waals surface area contributed by atoms with E-state index < -0.39 is 5.97 Å². The summed E-state index contributed by atoms with van der Waals surface area (Å²) in [5, 5.41) is 26.9. The van der Waals surface area contributed by atoms with Crippen molar-refractivity contribution >= 4 is 51.9 Å². The van der Waals surface area contributed by atoms with Crippen LogP contribution in [0.2, 0.25) is 5.02 Å². The summed E-state index contributed by atoms with van der Waals surface area (Å²) in [5.74, 6) is -0.906. The van der Waals surface area contributed by atoms with Gasteiger partial charge in [0, 0.05) is 23.5 Å². The number of likely N-dealkylation sites (tertiary alicyclic amines) is 1. The number of aromatic hydroxyl groups is 1. The number of piperidine rings is 1. The molecule has 148 valence electrons. The average Bonchev–Trinajstić information content (AvgIpc) is 3.07. The molecule has 2 aromatic rings. The highest BCUT2D eigenvalue weighted by Crippen LogP contribution is 2.39. The molecule has 3 N–H and O–H groups in total. The van der Waals surface area contributed by atoms with Gasteiger partial charge in [-0.2, -0.15) is 5.10 Å². The van der Waals surface area contributed by atoms with Crippen molar-refractivity contribution in [1.82, 2.24) is 10.3 Å². The minimum Gasteiger partial charge on any atom is -0.506 e. The molecule has 0 unspecified atom stereocenters. The van der Waals surface area contributed by atoms with Gasteiger partial charge in [0.25, 0.3) is 0 Å². The lowest BCUT2D eigenvalue weighted by atomic mass is 9.97. The first-order chi connectivity index (χ1) is 13.4. The first-order valence-corrected chi connectivity index (χ1v) is 10.4. The van der Waals surface area contributed by atoms with Crippen LogP contribution in [-0.2, 0) is 4.79 Å². The van der Waals surface area contributed by atoms with Crippen molar-refractivity contribution in [3.63, 3.8) is 0 Å². The van der Waals surface area contributed by atoms with Crippen LogP contribution in [0.5, 0.6) is 5.75 Å². The molecule has 28 heavy (non-hydrogen) atoms. The maximum Gasteiger partial charge on any atom is 0.306 e. The zero-order chi connectivity index (χ0) is 20.3. The van der Waals surface area contributed by atoms with Crippen LogP contribution in [0.1, 0.15) is 25.3 Å². The Morgan fingerprint density at radius 2 is 2.11 bits per heavy atom. The number of thiocarbonyl (C=S) groups is 1. The molecule has 9 heteroatoms. The van der Waals surface area contributed by atoms with E-state index in [1.165, 1.54) is 11.3 Å². The minimum absolute atomic E-state index is 0.156. The van der Waals surface area contributed by atoms with Crippen molar-refractivity contribution in [3.05, 3.63) is 40.2 Å². The summed E-state index contributed by atoms with van der Waals surface area (Å²) in [7, 11) is 0. The topological polar surface area (TPSA) is 85.2 Å². The van der Waals surface area contributed by atoms with Crippen LogP contribution in [0.4, 0.5) is 0 Å². The standard InChI is InChI=1S/C19H20ClN3O3S2/c1-11(21-22-19(27)23-7-5-12(6-8-23)18(25)26)15-10-28-17(16(15)24)13-3-2-4-14(20)9-13/h2-4,9-10,12,24H,5-8H2,1H3,(H,22,27)(H,25,26)/b21-11-. The fraction of sp³-hybridized carbons (Fsp3) is 0.316. The maximum atomic E-state index is 11.0. The van der Waals surface area contributed by atoms with E-state index in [9.17, 15) is 9.90 Å². The number of rotatable bonds is 4. The SMILES string of the molecule is C/C(=N/NC(=S)N1CCC(C(=O)O)CC1)c1csc(-c2cccc(Cl)c2)c1O. The molecule has 1 aliphatic rings. The average molecular weight is 438 g/mol. The Morgan fingerprint density at radius 1 is 1.39 bits per heavy atom. The Bertz CT molecular complexity index is 921. The van der Waals surface area contributed by atoms with Gasteiger partial charge in [0.2, 0.25) is 0 Å². The highest BCUT2D eigenvalue weighted by Gasteiger charge is 2.25. The van der Waals surface area contributed by atoms with Crippen molar-refractivity contribution in [1.29, 1.82) is 0 Å². The Balaban J connectivity index is 1.66. The molecule has 1 aromatic carbocycles. The first kappa shape index (κ1) is 20.6. The molecule has 0 spiro atoms. The Labute approximate surface area is 177 Å². The van der Waals surface area contributed by atoms with Crippen molar-refractivity contribution in [2.24, 2.45) is 11.0 Å². The Hall–Kier alpha value is -2.16. The van der Waals surface area contributed by atoms with Crippen molar-refractivity contribution in [2.75, 3.05) is 13.1 Å². The number of hydrogen-bond donors (Lipinski definition) is 3. The monoisotopic (exact) mass is 437 g/mol. The summed E-state index contributed by atoms with van der Waals surface area (Å²) in [5.41, 5.74) is 4.92. The highest BCUT2D eigenvalue weighted by molar-refractivity contribution is 7.80. The van der Waals surface area contributed by atoms with Gasteiger partial charge in [0.05, 0.1) is 22.1 Å². The molecule has 1 fully saturated rings. The summed E-state index contributed by atoms with van der Waals surface area (Å²) < 4.78 is 0. The number of carboxylic acids is 1. The van der Waals surface area contributed by atoms with E-state index in [0.29, 0.717) is 47.3 Å². The van der Waals surface area contributed by atoms with Crippen LogP contribution in [0.15, 0.2) is 34.7 Å².